The van der Waals surface area contributed by atoms with E-state index in [-0.39, 0.29) is 22.3 Å². The number of aromatic amines is 1. The summed E-state index contributed by atoms with van der Waals surface area (Å²) in [6.45, 7) is 0. The number of hydrogen-bond donors (Lipinski definition) is 3. The maximum Gasteiger partial charge on any atom is 0.362 e. The molecular formula is C11H9ClN4O5. The van der Waals surface area contributed by atoms with Gasteiger partial charge in [0.1, 0.15) is 5.75 Å². The molecule has 0 aliphatic heterocycles. The fourth-order valence-electron chi connectivity index (χ4n) is 1.58. The molecule has 3 N–H and O–H groups in total. The van der Waals surface area contributed by atoms with Crippen LogP contribution in [0.3, 0.4) is 0 Å². The number of nitrogens with one attached hydrogen (secondary N) is 2. The number of nitrogens with zero attached hydrogens (tertiary/aromatic N) is 2. The number of phenols is 1. The van der Waals surface area contributed by atoms with Crippen LogP contribution in [0, 0.1) is 10.1 Å². The van der Waals surface area contributed by atoms with Gasteiger partial charge in [-0.1, -0.05) is 11.6 Å². The Kier molecular flexibility index (Phi) is 3.94. The van der Waals surface area contributed by atoms with E-state index < -0.39 is 22.2 Å². The van der Waals surface area contributed by atoms with Gasteiger partial charge in [-0.3, -0.25) is 20.0 Å². The third kappa shape index (κ3) is 2.87. The van der Waals surface area contributed by atoms with Crippen molar-refractivity contribution in [3.8, 4) is 11.6 Å². The van der Waals surface area contributed by atoms with Crippen LogP contribution < -0.4 is 10.1 Å². The number of halogens is 1. The van der Waals surface area contributed by atoms with Crippen LogP contribution in [-0.4, -0.2) is 33.2 Å². The van der Waals surface area contributed by atoms with E-state index in [0.717, 1.165) is 0 Å². The van der Waals surface area contributed by atoms with Crippen LogP contribution in [0.1, 0.15) is 10.5 Å². The molecule has 0 aliphatic rings. The highest BCUT2D eigenvalue weighted by Gasteiger charge is 2.30. The first-order valence-electron chi connectivity index (χ1n) is 5.50. The predicted octanol–water partition coefficient (Wildman–Crippen LogP) is 1.94. The highest BCUT2D eigenvalue weighted by Crippen LogP contribution is 2.30. The van der Waals surface area contributed by atoms with Gasteiger partial charge in [-0.2, -0.15) is 0 Å². The van der Waals surface area contributed by atoms with Crippen LogP contribution in [0.25, 0.3) is 0 Å². The van der Waals surface area contributed by atoms with E-state index in [2.05, 4.69) is 15.5 Å². The maximum absolute atomic E-state index is 12.0. The van der Waals surface area contributed by atoms with E-state index in [1.54, 1.807) is 0 Å². The molecular weight excluding hydrogens is 304 g/mol. The largest absolute Gasteiger partial charge is 0.506 e. The highest BCUT2D eigenvalue weighted by atomic mass is 35.5. The Morgan fingerprint density at radius 3 is 2.90 bits per heavy atom. The average Bonchev–Trinajstić information content (AvgIpc) is 2.87. The molecule has 21 heavy (non-hydrogen) atoms. The molecule has 0 atom stereocenters. The molecule has 0 radical (unpaired) electrons. The topological polar surface area (TPSA) is 130 Å². The number of aromatic nitrogens is 2. The minimum atomic E-state index is -0.866. The molecule has 0 bridgehead atoms. The minimum Gasteiger partial charge on any atom is -0.506 e. The first kappa shape index (κ1) is 14.6. The van der Waals surface area contributed by atoms with Crippen molar-refractivity contribution in [3.63, 3.8) is 0 Å². The van der Waals surface area contributed by atoms with Crippen molar-refractivity contribution in [2.24, 2.45) is 0 Å². The normalized spacial score (nSPS) is 10.2. The summed E-state index contributed by atoms with van der Waals surface area (Å²) < 4.78 is 4.70. The predicted molar refractivity (Wildman–Crippen MR) is 72.9 cm³/mol. The molecule has 110 valence electrons. The summed E-state index contributed by atoms with van der Waals surface area (Å²) in [5.74, 6) is -1.42. The first-order valence-corrected chi connectivity index (χ1v) is 5.88. The number of methoxy groups -OCH3 is 1. The lowest BCUT2D eigenvalue weighted by molar-refractivity contribution is -0.386. The standard InChI is InChI=1S/C11H9ClN4O5/c1-21-11-9(16(19)20)8(14-15-11)10(18)13-6-4-5(12)2-3-7(6)17/h2-4,17H,1H3,(H,13,18)(H,14,15). The summed E-state index contributed by atoms with van der Waals surface area (Å²) in [6.07, 6.45) is 0. The molecule has 9 nitrogen and oxygen atoms in total. The number of hydrogen-bond acceptors (Lipinski definition) is 6. The van der Waals surface area contributed by atoms with Crippen molar-refractivity contribution in [3.05, 3.63) is 39.0 Å². The molecule has 0 aliphatic carbocycles. The molecule has 10 heteroatoms. The molecule has 0 saturated heterocycles. The third-order valence-corrected chi connectivity index (χ3v) is 2.75. The molecule has 1 aromatic heterocycles. The van der Waals surface area contributed by atoms with E-state index in [4.69, 9.17) is 16.3 Å². The highest BCUT2D eigenvalue weighted by molar-refractivity contribution is 6.31. The Hall–Kier alpha value is -2.81. The van der Waals surface area contributed by atoms with Gasteiger partial charge >= 0.3 is 11.6 Å². The van der Waals surface area contributed by atoms with Crippen LogP contribution >= 0.6 is 11.6 Å². The number of anilines is 1. The van der Waals surface area contributed by atoms with Crippen LogP contribution in [0.5, 0.6) is 11.6 Å². The third-order valence-electron chi connectivity index (χ3n) is 2.52. The van der Waals surface area contributed by atoms with Crippen LogP contribution in [0.2, 0.25) is 5.02 Å². The Labute approximate surface area is 122 Å². The number of H-pyrrole nitrogens is 1. The number of nitro groups is 1. The molecule has 0 unspecified atom stereocenters. The number of benzene rings is 1. The number of rotatable bonds is 4. The van der Waals surface area contributed by atoms with Crippen LogP contribution in [0.15, 0.2) is 18.2 Å². The SMILES string of the molecule is COc1n[nH]c(C(=O)Nc2cc(Cl)ccc2O)c1[N+](=O)[O-]. The van der Waals surface area contributed by atoms with Crippen molar-refractivity contribution in [1.29, 1.82) is 0 Å². The summed E-state index contributed by atoms with van der Waals surface area (Å²) in [6, 6.07) is 4.00. The minimum absolute atomic E-state index is 0.00960. The zero-order chi connectivity index (χ0) is 15.6. The van der Waals surface area contributed by atoms with E-state index in [9.17, 15) is 20.0 Å². The lowest BCUT2D eigenvalue weighted by Crippen LogP contribution is -2.14. The summed E-state index contributed by atoms with van der Waals surface area (Å²) in [5.41, 5.74) is -0.997. The van der Waals surface area contributed by atoms with Crippen molar-refractivity contribution in [1.82, 2.24) is 10.2 Å². The Bertz CT molecular complexity index is 715. The zero-order valence-corrected chi connectivity index (χ0v) is 11.3. The van der Waals surface area contributed by atoms with Crippen molar-refractivity contribution in [2.75, 3.05) is 12.4 Å². The van der Waals surface area contributed by atoms with Crippen LogP contribution in [0.4, 0.5) is 11.4 Å². The van der Waals surface area contributed by atoms with Gasteiger partial charge in [-0.05, 0) is 18.2 Å². The fraction of sp³-hybridized carbons (Fsp3) is 0.0909. The molecule has 2 aromatic rings. The molecule has 2 rings (SSSR count). The van der Waals surface area contributed by atoms with Gasteiger partial charge in [0.05, 0.1) is 17.7 Å². The van der Waals surface area contributed by atoms with Crippen LogP contribution in [-0.2, 0) is 0 Å². The van der Waals surface area contributed by atoms with E-state index in [1.165, 1.54) is 25.3 Å². The Balaban J connectivity index is 2.35. The smallest absolute Gasteiger partial charge is 0.362 e. The van der Waals surface area contributed by atoms with E-state index in [0.29, 0.717) is 0 Å². The average molecular weight is 313 g/mol. The summed E-state index contributed by atoms with van der Waals surface area (Å²) in [5, 5.41) is 28.9. The van der Waals surface area contributed by atoms with Gasteiger partial charge in [0.15, 0.2) is 0 Å². The first-order chi connectivity index (χ1) is 9.93. The number of ether oxygens (including phenoxy) is 1. The summed E-state index contributed by atoms with van der Waals surface area (Å²) in [7, 11) is 1.19. The fourth-order valence-corrected chi connectivity index (χ4v) is 1.75. The molecule has 1 aromatic carbocycles. The van der Waals surface area contributed by atoms with Crippen molar-refractivity contribution >= 4 is 28.9 Å². The second-order valence-electron chi connectivity index (χ2n) is 3.83. The molecule has 0 saturated carbocycles. The van der Waals surface area contributed by atoms with Gasteiger partial charge in [-0.15, -0.1) is 5.10 Å². The van der Waals surface area contributed by atoms with Gasteiger partial charge in [0, 0.05) is 5.02 Å². The number of aromatic hydroxyl groups is 1. The Morgan fingerprint density at radius 2 is 2.29 bits per heavy atom. The monoisotopic (exact) mass is 312 g/mol. The lowest BCUT2D eigenvalue weighted by Gasteiger charge is -2.06. The summed E-state index contributed by atoms with van der Waals surface area (Å²) in [4.78, 5) is 22.2. The number of carbonyl (C=O) groups excluding carboxylic acids is 1. The number of carbonyl (C=O) groups is 1. The van der Waals surface area contributed by atoms with Crippen molar-refractivity contribution < 1.29 is 19.6 Å². The number of phenolic OH excluding ortho intramolecular Hbond substituents is 1. The van der Waals surface area contributed by atoms with Gasteiger partial charge in [-0.25, -0.2) is 0 Å². The van der Waals surface area contributed by atoms with Gasteiger partial charge in [0.25, 0.3) is 5.91 Å². The zero-order valence-electron chi connectivity index (χ0n) is 10.6. The molecule has 1 amide bonds. The van der Waals surface area contributed by atoms with Crippen molar-refractivity contribution in [2.45, 2.75) is 0 Å². The van der Waals surface area contributed by atoms with Gasteiger partial charge < -0.3 is 15.2 Å². The number of amides is 1. The quantitative estimate of drug-likeness (QED) is 0.449. The molecule has 1 heterocycles. The summed E-state index contributed by atoms with van der Waals surface area (Å²) >= 11 is 5.74. The molecule has 0 spiro atoms. The van der Waals surface area contributed by atoms with E-state index >= 15 is 0 Å². The second-order valence-corrected chi connectivity index (χ2v) is 4.27. The lowest BCUT2D eigenvalue weighted by atomic mass is 10.2. The second kappa shape index (κ2) is 5.67. The maximum atomic E-state index is 12.0. The van der Waals surface area contributed by atoms with Gasteiger partial charge in [0.2, 0.25) is 5.69 Å². The van der Waals surface area contributed by atoms with E-state index in [1.807, 2.05) is 0 Å². The molecule has 0 fully saturated rings. The Morgan fingerprint density at radius 1 is 1.57 bits per heavy atom.